The van der Waals surface area contributed by atoms with E-state index in [9.17, 15) is 14.7 Å². The third-order valence-corrected chi connectivity index (χ3v) is 4.51. The van der Waals surface area contributed by atoms with Crippen LogP contribution in [-0.4, -0.2) is 66.3 Å². The van der Waals surface area contributed by atoms with Gasteiger partial charge in [0.1, 0.15) is 0 Å². The van der Waals surface area contributed by atoms with Crippen LogP contribution in [0.1, 0.15) is 26.2 Å². The van der Waals surface area contributed by atoms with Crippen molar-refractivity contribution in [3.63, 3.8) is 0 Å². The van der Waals surface area contributed by atoms with Crippen LogP contribution in [0.15, 0.2) is 0 Å². The standard InChI is InChI=1S/C14H24N2O4/c1-10-12(13(17)18)4-3-6-16(10)14(19)15-7-5-11(8-15)9-20-2/h10-12H,3-9H2,1-2H3,(H,17,18)/t10-,11?,12-/m0/s1. The minimum atomic E-state index is -0.798. The van der Waals surface area contributed by atoms with Gasteiger partial charge in [0.05, 0.1) is 12.5 Å². The maximum absolute atomic E-state index is 12.5. The quantitative estimate of drug-likeness (QED) is 0.847. The van der Waals surface area contributed by atoms with E-state index in [2.05, 4.69) is 0 Å². The number of amides is 2. The van der Waals surface area contributed by atoms with Gasteiger partial charge in [-0.15, -0.1) is 0 Å². The molecular weight excluding hydrogens is 260 g/mol. The van der Waals surface area contributed by atoms with Crippen molar-refractivity contribution in [2.75, 3.05) is 33.4 Å². The summed E-state index contributed by atoms with van der Waals surface area (Å²) in [5, 5.41) is 9.22. The first-order valence-corrected chi connectivity index (χ1v) is 7.32. The molecule has 114 valence electrons. The molecule has 0 radical (unpaired) electrons. The number of piperidine rings is 1. The number of carbonyl (C=O) groups excluding carboxylic acids is 1. The van der Waals surface area contributed by atoms with Crippen LogP contribution < -0.4 is 0 Å². The van der Waals surface area contributed by atoms with E-state index in [1.54, 1.807) is 12.0 Å². The van der Waals surface area contributed by atoms with Crippen molar-refractivity contribution in [3.05, 3.63) is 0 Å². The van der Waals surface area contributed by atoms with E-state index >= 15 is 0 Å². The lowest BCUT2D eigenvalue weighted by Crippen LogP contribution is -2.53. The van der Waals surface area contributed by atoms with E-state index in [4.69, 9.17) is 4.74 Å². The smallest absolute Gasteiger partial charge is 0.320 e. The van der Waals surface area contributed by atoms with Gasteiger partial charge in [0.25, 0.3) is 0 Å². The highest BCUT2D eigenvalue weighted by atomic mass is 16.5. The average molecular weight is 284 g/mol. The number of nitrogens with zero attached hydrogens (tertiary/aromatic N) is 2. The number of carboxylic acid groups (broad SMARTS) is 1. The second kappa shape index (κ2) is 6.43. The first-order valence-electron chi connectivity index (χ1n) is 7.32. The first-order chi connectivity index (χ1) is 9.54. The van der Waals surface area contributed by atoms with E-state index in [1.165, 1.54) is 0 Å². The van der Waals surface area contributed by atoms with Crippen molar-refractivity contribution >= 4 is 12.0 Å². The van der Waals surface area contributed by atoms with Crippen molar-refractivity contribution in [1.29, 1.82) is 0 Å². The van der Waals surface area contributed by atoms with Crippen molar-refractivity contribution < 1.29 is 19.4 Å². The molecule has 0 bridgehead atoms. The van der Waals surface area contributed by atoms with Gasteiger partial charge >= 0.3 is 12.0 Å². The van der Waals surface area contributed by atoms with Gasteiger partial charge in [-0.25, -0.2) is 4.79 Å². The molecule has 6 nitrogen and oxygen atoms in total. The number of likely N-dealkylation sites (tertiary alicyclic amines) is 2. The third kappa shape index (κ3) is 3.06. The van der Waals surface area contributed by atoms with Crippen LogP contribution in [0.25, 0.3) is 0 Å². The largest absolute Gasteiger partial charge is 0.481 e. The molecular formula is C14H24N2O4. The second-order valence-corrected chi connectivity index (χ2v) is 5.86. The SMILES string of the molecule is COCC1CCN(C(=O)N2CCC[C@H](C(=O)O)[C@@H]2C)C1. The predicted molar refractivity (Wildman–Crippen MR) is 73.5 cm³/mol. The van der Waals surface area contributed by atoms with E-state index in [0.29, 0.717) is 32.0 Å². The molecule has 0 aromatic heterocycles. The molecule has 2 aliphatic heterocycles. The van der Waals surface area contributed by atoms with Crippen LogP contribution in [0, 0.1) is 11.8 Å². The Bertz CT molecular complexity index is 374. The van der Waals surface area contributed by atoms with E-state index in [-0.39, 0.29) is 12.1 Å². The molecule has 2 aliphatic rings. The predicted octanol–water partition coefficient (Wildman–Crippen LogP) is 1.26. The van der Waals surface area contributed by atoms with Crippen LogP contribution in [0.4, 0.5) is 4.79 Å². The Hall–Kier alpha value is -1.30. The monoisotopic (exact) mass is 284 g/mol. The fraction of sp³-hybridized carbons (Fsp3) is 0.857. The summed E-state index contributed by atoms with van der Waals surface area (Å²) in [6, 6.07) is -0.239. The van der Waals surface area contributed by atoms with Crippen LogP contribution in [-0.2, 0) is 9.53 Å². The molecule has 3 atom stereocenters. The number of aliphatic carboxylic acids is 1. The van der Waals surface area contributed by atoms with Gasteiger partial charge in [0.15, 0.2) is 0 Å². The minimum absolute atomic E-state index is 0.0120. The third-order valence-electron chi connectivity index (χ3n) is 4.51. The molecule has 1 N–H and O–H groups in total. The maximum atomic E-state index is 12.5. The highest BCUT2D eigenvalue weighted by Crippen LogP contribution is 2.26. The van der Waals surface area contributed by atoms with Gasteiger partial charge in [0, 0.05) is 38.7 Å². The summed E-state index contributed by atoms with van der Waals surface area (Å²) in [6.45, 7) is 4.65. The highest BCUT2D eigenvalue weighted by Gasteiger charge is 2.38. The van der Waals surface area contributed by atoms with Crippen molar-refractivity contribution in [2.24, 2.45) is 11.8 Å². The summed E-state index contributed by atoms with van der Waals surface area (Å²) >= 11 is 0. The lowest BCUT2D eigenvalue weighted by Gasteiger charge is -2.39. The number of carbonyl (C=O) groups is 2. The summed E-state index contributed by atoms with van der Waals surface area (Å²) in [4.78, 5) is 27.3. The molecule has 0 aliphatic carbocycles. The zero-order valence-electron chi connectivity index (χ0n) is 12.2. The summed E-state index contributed by atoms with van der Waals surface area (Å²) in [6.07, 6.45) is 2.39. The number of hydrogen-bond acceptors (Lipinski definition) is 3. The fourth-order valence-corrected chi connectivity index (χ4v) is 3.30. The molecule has 2 fully saturated rings. The van der Waals surface area contributed by atoms with Gasteiger partial charge in [-0.1, -0.05) is 0 Å². The molecule has 0 aromatic carbocycles. The topological polar surface area (TPSA) is 70.1 Å². The Balaban J connectivity index is 1.96. The molecule has 2 amide bonds. The number of urea groups is 1. The van der Waals surface area contributed by atoms with Gasteiger partial charge < -0.3 is 19.6 Å². The van der Waals surface area contributed by atoms with Crippen molar-refractivity contribution in [1.82, 2.24) is 9.80 Å². The van der Waals surface area contributed by atoms with Gasteiger partial charge in [0.2, 0.25) is 0 Å². The fourth-order valence-electron chi connectivity index (χ4n) is 3.30. The van der Waals surface area contributed by atoms with Crippen molar-refractivity contribution in [3.8, 4) is 0 Å². The Morgan fingerprint density at radius 1 is 1.30 bits per heavy atom. The Morgan fingerprint density at radius 2 is 2.05 bits per heavy atom. The lowest BCUT2D eigenvalue weighted by molar-refractivity contribution is -0.145. The van der Waals surface area contributed by atoms with Gasteiger partial charge in [-0.2, -0.15) is 0 Å². The normalized spacial score (nSPS) is 30.6. The molecule has 0 spiro atoms. The zero-order chi connectivity index (χ0) is 14.7. The van der Waals surface area contributed by atoms with E-state index in [0.717, 1.165) is 19.4 Å². The molecule has 2 rings (SSSR count). The lowest BCUT2D eigenvalue weighted by atomic mass is 9.90. The molecule has 1 unspecified atom stereocenters. The molecule has 0 aromatic rings. The number of ether oxygens (including phenoxy) is 1. The second-order valence-electron chi connectivity index (χ2n) is 5.86. The summed E-state index contributed by atoms with van der Waals surface area (Å²) in [7, 11) is 1.68. The van der Waals surface area contributed by atoms with Gasteiger partial charge in [-0.05, 0) is 26.2 Å². The van der Waals surface area contributed by atoms with Crippen LogP contribution in [0.5, 0.6) is 0 Å². The van der Waals surface area contributed by atoms with Crippen molar-refractivity contribution in [2.45, 2.75) is 32.2 Å². The number of hydrogen-bond donors (Lipinski definition) is 1. The summed E-state index contributed by atoms with van der Waals surface area (Å²) in [5.41, 5.74) is 0. The Labute approximate surface area is 119 Å². The molecule has 6 heteroatoms. The summed E-state index contributed by atoms with van der Waals surface area (Å²) in [5.74, 6) is -0.835. The molecule has 2 heterocycles. The first kappa shape index (κ1) is 15.1. The molecule has 20 heavy (non-hydrogen) atoms. The maximum Gasteiger partial charge on any atom is 0.320 e. The highest BCUT2D eigenvalue weighted by molar-refractivity contribution is 5.77. The molecule has 0 saturated carbocycles. The Kier molecular flexibility index (Phi) is 4.86. The van der Waals surface area contributed by atoms with Crippen LogP contribution >= 0.6 is 0 Å². The molecule has 2 saturated heterocycles. The summed E-state index contributed by atoms with van der Waals surface area (Å²) < 4.78 is 5.14. The van der Waals surface area contributed by atoms with Crippen LogP contribution in [0.3, 0.4) is 0 Å². The number of carboxylic acids is 1. The average Bonchev–Trinajstić information content (AvgIpc) is 2.87. The minimum Gasteiger partial charge on any atom is -0.481 e. The van der Waals surface area contributed by atoms with E-state index in [1.807, 2.05) is 11.8 Å². The Morgan fingerprint density at radius 3 is 2.70 bits per heavy atom. The van der Waals surface area contributed by atoms with E-state index < -0.39 is 11.9 Å². The number of methoxy groups -OCH3 is 1. The van der Waals surface area contributed by atoms with Gasteiger partial charge in [-0.3, -0.25) is 4.79 Å². The zero-order valence-corrected chi connectivity index (χ0v) is 12.2. The number of rotatable bonds is 3. The van der Waals surface area contributed by atoms with Crippen LogP contribution in [0.2, 0.25) is 0 Å².